The first-order chi connectivity index (χ1) is 7.65. The Bertz CT molecular complexity index is 631. The van der Waals surface area contributed by atoms with Crippen LogP contribution in [0.1, 0.15) is 18.2 Å². The molecule has 3 heterocycles. The van der Waals surface area contributed by atoms with Gasteiger partial charge in [0.1, 0.15) is 17.5 Å². The van der Waals surface area contributed by atoms with Gasteiger partial charge < -0.3 is 9.72 Å². The molecule has 0 aliphatic carbocycles. The van der Waals surface area contributed by atoms with Gasteiger partial charge in [-0.1, -0.05) is 0 Å². The Hall–Kier alpha value is -1.84. The van der Waals surface area contributed by atoms with E-state index in [1.807, 2.05) is 26.0 Å². The van der Waals surface area contributed by atoms with Crippen LogP contribution in [0.25, 0.3) is 11.0 Å². The third-order valence-corrected chi connectivity index (χ3v) is 2.87. The highest BCUT2D eigenvalue weighted by Gasteiger charge is 2.24. The van der Waals surface area contributed by atoms with Gasteiger partial charge in [0.15, 0.2) is 0 Å². The lowest BCUT2D eigenvalue weighted by Gasteiger charge is -2.06. The van der Waals surface area contributed by atoms with Crippen LogP contribution in [-0.4, -0.2) is 16.1 Å². The lowest BCUT2D eigenvalue weighted by atomic mass is 10.1. The Morgan fingerprint density at radius 1 is 1.50 bits per heavy atom. The highest BCUT2D eigenvalue weighted by molar-refractivity contribution is 5.83. The zero-order valence-electron chi connectivity index (χ0n) is 9.20. The molecule has 2 aromatic heterocycles. The molecule has 0 amide bonds. The summed E-state index contributed by atoms with van der Waals surface area (Å²) in [6.07, 6.45) is 0.747. The second-order valence-corrected chi connectivity index (χ2v) is 4.24. The minimum absolute atomic E-state index is 0.0722. The minimum Gasteiger partial charge on any atom is -0.489 e. The molecule has 3 rings (SSSR count). The topological polar surface area (TPSA) is 55.0 Å². The predicted molar refractivity (Wildman–Crippen MR) is 60.9 cm³/mol. The maximum Gasteiger partial charge on any atom is 0.256 e. The van der Waals surface area contributed by atoms with Gasteiger partial charge in [0.25, 0.3) is 5.56 Å². The fraction of sp³-hybridized carbons (Fsp3) is 0.333. The second kappa shape index (κ2) is 3.07. The molecule has 1 atom stereocenters. The van der Waals surface area contributed by atoms with Crippen molar-refractivity contribution in [1.82, 2.24) is 9.97 Å². The molecule has 0 bridgehead atoms. The number of rotatable bonds is 0. The van der Waals surface area contributed by atoms with Gasteiger partial charge >= 0.3 is 0 Å². The van der Waals surface area contributed by atoms with Crippen LogP contribution in [0.4, 0.5) is 0 Å². The van der Waals surface area contributed by atoms with E-state index in [2.05, 4.69) is 9.97 Å². The number of aromatic nitrogens is 2. The third kappa shape index (κ3) is 1.23. The molecule has 1 aliphatic rings. The monoisotopic (exact) mass is 216 g/mol. The fourth-order valence-corrected chi connectivity index (χ4v) is 2.13. The Morgan fingerprint density at radius 2 is 2.31 bits per heavy atom. The molecule has 0 saturated heterocycles. The van der Waals surface area contributed by atoms with Crippen LogP contribution in [0.2, 0.25) is 0 Å². The first-order valence-electron chi connectivity index (χ1n) is 5.34. The number of aryl methyl sites for hydroxylation is 1. The van der Waals surface area contributed by atoms with Crippen molar-refractivity contribution in [3.63, 3.8) is 0 Å². The summed E-state index contributed by atoms with van der Waals surface area (Å²) in [5.41, 5.74) is 2.16. The zero-order chi connectivity index (χ0) is 11.3. The molecule has 0 spiro atoms. The van der Waals surface area contributed by atoms with Crippen LogP contribution in [0.3, 0.4) is 0 Å². The quantitative estimate of drug-likeness (QED) is 0.727. The summed E-state index contributed by atoms with van der Waals surface area (Å²) in [5.74, 6) is 0.707. The summed E-state index contributed by atoms with van der Waals surface area (Å²) < 4.78 is 5.68. The number of aromatic amines is 1. The van der Waals surface area contributed by atoms with Crippen LogP contribution in [0, 0.1) is 6.92 Å². The molecule has 0 saturated carbocycles. The first-order valence-corrected chi connectivity index (χ1v) is 5.34. The van der Waals surface area contributed by atoms with E-state index >= 15 is 0 Å². The summed E-state index contributed by atoms with van der Waals surface area (Å²) >= 11 is 0. The normalized spacial score (nSPS) is 18.5. The van der Waals surface area contributed by atoms with Crippen molar-refractivity contribution in [1.29, 1.82) is 0 Å². The van der Waals surface area contributed by atoms with E-state index in [0.29, 0.717) is 17.8 Å². The zero-order valence-corrected chi connectivity index (χ0v) is 9.20. The summed E-state index contributed by atoms with van der Waals surface area (Å²) in [4.78, 5) is 18.9. The highest BCUT2D eigenvalue weighted by Crippen LogP contribution is 2.32. The van der Waals surface area contributed by atoms with Gasteiger partial charge in [-0.25, -0.2) is 4.98 Å². The van der Waals surface area contributed by atoms with Crippen molar-refractivity contribution in [3.05, 3.63) is 33.7 Å². The predicted octanol–water partition coefficient (Wildman–Crippen LogP) is 1.55. The standard InChI is InChI=1S/C12H12N2O2/c1-6-3-4-8-10-9(5-7(2)16-10)12(15)14-11(8)13-6/h3-4,7H,5H2,1-2H3,(H,13,14,15). The number of nitrogens with one attached hydrogen (secondary N) is 1. The molecular weight excluding hydrogens is 204 g/mol. The highest BCUT2D eigenvalue weighted by atomic mass is 16.5. The molecule has 16 heavy (non-hydrogen) atoms. The number of nitrogens with zero attached hydrogens (tertiary/aromatic N) is 1. The van der Waals surface area contributed by atoms with Crippen LogP contribution >= 0.6 is 0 Å². The number of ether oxygens (including phenoxy) is 1. The van der Waals surface area contributed by atoms with E-state index in [1.54, 1.807) is 0 Å². The van der Waals surface area contributed by atoms with Gasteiger partial charge in [0.05, 0.1) is 10.9 Å². The lowest BCUT2D eigenvalue weighted by molar-refractivity contribution is 0.257. The lowest BCUT2D eigenvalue weighted by Crippen LogP contribution is -2.12. The van der Waals surface area contributed by atoms with Gasteiger partial charge in [0.2, 0.25) is 0 Å². The third-order valence-electron chi connectivity index (χ3n) is 2.87. The van der Waals surface area contributed by atoms with E-state index in [-0.39, 0.29) is 11.7 Å². The number of hydrogen-bond donors (Lipinski definition) is 1. The van der Waals surface area contributed by atoms with Gasteiger partial charge in [-0.05, 0) is 26.0 Å². The van der Waals surface area contributed by atoms with Crippen molar-refractivity contribution in [3.8, 4) is 5.75 Å². The number of hydrogen-bond acceptors (Lipinski definition) is 3. The van der Waals surface area contributed by atoms with Gasteiger partial charge in [-0.3, -0.25) is 4.79 Å². The maximum atomic E-state index is 11.8. The fourth-order valence-electron chi connectivity index (χ4n) is 2.13. The molecule has 4 nitrogen and oxygen atoms in total. The molecule has 82 valence electrons. The Labute approximate surface area is 92.3 Å². The molecule has 1 N–H and O–H groups in total. The average molecular weight is 216 g/mol. The van der Waals surface area contributed by atoms with Crippen LogP contribution < -0.4 is 10.3 Å². The summed E-state index contributed by atoms with van der Waals surface area (Å²) in [7, 11) is 0. The smallest absolute Gasteiger partial charge is 0.256 e. The average Bonchev–Trinajstić information content (AvgIpc) is 2.60. The van der Waals surface area contributed by atoms with E-state index in [1.165, 1.54) is 0 Å². The van der Waals surface area contributed by atoms with Crippen LogP contribution in [0.5, 0.6) is 5.75 Å². The second-order valence-electron chi connectivity index (χ2n) is 4.24. The van der Waals surface area contributed by atoms with Gasteiger partial charge in [-0.15, -0.1) is 0 Å². The molecule has 4 heteroatoms. The SMILES string of the molecule is Cc1ccc2c3c(c(=O)[nH]c2n1)CC(C)O3. The van der Waals surface area contributed by atoms with Crippen molar-refractivity contribution >= 4 is 11.0 Å². The van der Waals surface area contributed by atoms with Crippen LogP contribution in [-0.2, 0) is 6.42 Å². The number of H-pyrrole nitrogens is 1. The van der Waals surface area contributed by atoms with E-state index in [0.717, 1.165) is 16.6 Å². The molecule has 0 aromatic carbocycles. The van der Waals surface area contributed by atoms with Crippen molar-refractivity contribution in [2.24, 2.45) is 0 Å². The molecular formula is C12H12N2O2. The van der Waals surface area contributed by atoms with Crippen molar-refractivity contribution < 1.29 is 4.74 Å². The molecule has 1 unspecified atom stereocenters. The largest absolute Gasteiger partial charge is 0.489 e. The van der Waals surface area contributed by atoms with Gasteiger partial charge in [-0.2, -0.15) is 0 Å². The Balaban J connectivity index is 2.41. The van der Waals surface area contributed by atoms with Crippen molar-refractivity contribution in [2.45, 2.75) is 26.4 Å². The van der Waals surface area contributed by atoms with Crippen molar-refractivity contribution in [2.75, 3.05) is 0 Å². The molecule has 0 radical (unpaired) electrons. The Kier molecular flexibility index (Phi) is 1.80. The van der Waals surface area contributed by atoms with Gasteiger partial charge in [0, 0.05) is 12.1 Å². The summed E-state index contributed by atoms with van der Waals surface area (Å²) in [5, 5.41) is 0.893. The summed E-state index contributed by atoms with van der Waals surface area (Å²) in [6, 6.07) is 3.87. The van der Waals surface area contributed by atoms with E-state index < -0.39 is 0 Å². The number of fused-ring (bicyclic) bond motifs is 3. The maximum absolute atomic E-state index is 11.8. The van der Waals surface area contributed by atoms with Crippen LogP contribution in [0.15, 0.2) is 16.9 Å². The molecule has 0 fully saturated rings. The summed E-state index contributed by atoms with van der Waals surface area (Å²) in [6.45, 7) is 3.86. The number of pyridine rings is 2. The first kappa shape index (κ1) is 9.39. The van der Waals surface area contributed by atoms with E-state index in [9.17, 15) is 4.79 Å². The molecule has 1 aliphatic heterocycles. The van der Waals surface area contributed by atoms with E-state index in [4.69, 9.17) is 4.74 Å². The molecule has 2 aromatic rings. The Morgan fingerprint density at radius 3 is 3.12 bits per heavy atom. The minimum atomic E-state index is -0.0787.